The summed E-state index contributed by atoms with van der Waals surface area (Å²) in [6.07, 6.45) is 4.97. The van der Waals surface area contributed by atoms with Crippen molar-refractivity contribution in [2.75, 3.05) is 5.73 Å². The highest BCUT2D eigenvalue weighted by Crippen LogP contribution is 2.37. The van der Waals surface area contributed by atoms with Gasteiger partial charge in [-0.3, -0.25) is 10.1 Å². The van der Waals surface area contributed by atoms with Crippen molar-refractivity contribution in [2.24, 2.45) is 0 Å². The molecule has 1 aliphatic rings. The van der Waals surface area contributed by atoms with E-state index in [1.165, 1.54) is 12.1 Å². The van der Waals surface area contributed by atoms with Crippen LogP contribution in [0.15, 0.2) is 46.2 Å². The van der Waals surface area contributed by atoms with Crippen LogP contribution >= 0.6 is 11.6 Å². The number of nitro benzene ring substituents is 1. The van der Waals surface area contributed by atoms with E-state index < -0.39 is 15.7 Å². The van der Waals surface area contributed by atoms with E-state index in [2.05, 4.69) is 0 Å². The van der Waals surface area contributed by atoms with Crippen LogP contribution in [0.3, 0.4) is 0 Å². The number of nitrogens with zero attached hydrogens (tertiary/aromatic N) is 1. The van der Waals surface area contributed by atoms with E-state index in [0.717, 1.165) is 32.1 Å². The predicted octanol–water partition coefficient (Wildman–Crippen LogP) is 4.71. The van der Waals surface area contributed by atoms with Gasteiger partial charge in [0.05, 0.1) is 32.8 Å². The van der Waals surface area contributed by atoms with Gasteiger partial charge < -0.3 is 10.5 Å². The molecular weight excluding hydrogens is 376 g/mol. The van der Waals surface area contributed by atoms with Crippen LogP contribution in [0.5, 0.6) is 5.75 Å². The zero-order valence-electron chi connectivity index (χ0n) is 14.0. The zero-order valence-corrected chi connectivity index (χ0v) is 15.6. The quantitative estimate of drug-likeness (QED) is 0.450. The van der Waals surface area contributed by atoms with Gasteiger partial charge in [0.2, 0.25) is 0 Å². The Bertz CT molecular complexity index is 853. The van der Waals surface area contributed by atoms with Gasteiger partial charge in [0.15, 0.2) is 0 Å². The molecule has 1 aliphatic carbocycles. The Hall–Kier alpha value is -2.12. The first-order valence-corrected chi connectivity index (χ1v) is 9.90. The standard InChI is InChI=1S/C18H19ClN2O4S/c19-12-5-4-8-14(9-12)26(24)18-10-15(20)16(21(22)23)11-17(18)25-13-6-2-1-3-7-13/h4-5,8-11,13H,1-3,6-7,20H2. The lowest BCUT2D eigenvalue weighted by molar-refractivity contribution is -0.384. The third-order valence-corrected chi connectivity index (χ3v) is 5.98. The maximum absolute atomic E-state index is 13.0. The van der Waals surface area contributed by atoms with Gasteiger partial charge in [0.25, 0.3) is 5.69 Å². The molecule has 2 N–H and O–H groups in total. The van der Waals surface area contributed by atoms with Gasteiger partial charge in [-0.1, -0.05) is 24.1 Å². The van der Waals surface area contributed by atoms with E-state index in [-0.39, 0.29) is 23.2 Å². The number of rotatable bonds is 5. The molecule has 138 valence electrons. The molecule has 0 spiro atoms. The Morgan fingerprint density at radius 3 is 2.58 bits per heavy atom. The lowest BCUT2D eigenvalue weighted by atomic mass is 9.98. The predicted molar refractivity (Wildman–Crippen MR) is 101 cm³/mol. The molecule has 8 heteroatoms. The molecule has 0 aromatic heterocycles. The van der Waals surface area contributed by atoms with Crippen molar-refractivity contribution in [1.29, 1.82) is 0 Å². The van der Waals surface area contributed by atoms with Crippen LogP contribution in [-0.4, -0.2) is 15.2 Å². The second kappa shape index (κ2) is 8.05. The largest absolute Gasteiger partial charge is 0.489 e. The molecule has 0 saturated heterocycles. The topological polar surface area (TPSA) is 95.5 Å². The summed E-state index contributed by atoms with van der Waals surface area (Å²) < 4.78 is 19.1. The van der Waals surface area contributed by atoms with Crippen molar-refractivity contribution in [2.45, 2.75) is 48.0 Å². The summed E-state index contributed by atoms with van der Waals surface area (Å²) in [5.74, 6) is 0.246. The SMILES string of the molecule is Nc1cc(S(=O)c2cccc(Cl)c2)c(OC2CCCCC2)cc1[N+](=O)[O-]. The van der Waals surface area contributed by atoms with Crippen molar-refractivity contribution < 1.29 is 13.9 Å². The molecular formula is C18H19ClN2O4S. The minimum absolute atomic E-state index is 0.0397. The number of ether oxygens (including phenoxy) is 1. The molecule has 6 nitrogen and oxygen atoms in total. The Morgan fingerprint density at radius 1 is 1.19 bits per heavy atom. The Balaban J connectivity index is 2.02. The maximum Gasteiger partial charge on any atom is 0.295 e. The van der Waals surface area contributed by atoms with Crippen LogP contribution in [0.2, 0.25) is 5.02 Å². The summed E-state index contributed by atoms with van der Waals surface area (Å²) >= 11 is 5.99. The molecule has 2 aromatic rings. The second-order valence-electron chi connectivity index (χ2n) is 6.22. The molecule has 1 fully saturated rings. The molecule has 2 aromatic carbocycles. The third kappa shape index (κ3) is 4.16. The van der Waals surface area contributed by atoms with E-state index >= 15 is 0 Å². The molecule has 0 aliphatic heterocycles. The number of benzene rings is 2. The molecule has 0 amide bonds. The van der Waals surface area contributed by atoms with Gasteiger partial charge in [-0.25, -0.2) is 4.21 Å². The number of nitrogen functional groups attached to an aromatic ring is 1. The van der Waals surface area contributed by atoms with E-state index in [9.17, 15) is 14.3 Å². The fraction of sp³-hybridized carbons (Fsp3) is 0.333. The first-order valence-electron chi connectivity index (χ1n) is 8.37. The highest BCUT2D eigenvalue weighted by molar-refractivity contribution is 7.85. The molecule has 0 radical (unpaired) electrons. The molecule has 0 heterocycles. The molecule has 3 rings (SSSR count). The van der Waals surface area contributed by atoms with E-state index in [1.54, 1.807) is 24.3 Å². The number of anilines is 1. The van der Waals surface area contributed by atoms with Crippen LogP contribution in [0.25, 0.3) is 0 Å². The van der Waals surface area contributed by atoms with Crippen LogP contribution in [0, 0.1) is 10.1 Å². The molecule has 0 bridgehead atoms. The first-order chi connectivity index (χ1) is 12.5. The molecule has 1 unspecified atom stereocenters. The van der Waals surface area contributed by atoms with E-state index in [1.807, 2.05) is 0 Å². The monoisotopic (exact) mass is 394 g/mol. The summed E-state index contributed by atoms with van der Waals surface area (Å²) in [6.45, 7) is 0. The van der Waals surface area contributed by atoms with Gasteiger partial charge in [0, 0.05) is 9.92 Å². The Labute approximate surface area is 158 Å². The van der Waals surface area contributed by atoms with Crippen molar-refractivity contribution >= 4 is 33.8 Å². The van der Waals surface area contributed by atoms with Crippen LogP contribution in [0.4, 0.5) is 11.4 Å². The van der Waals surface area contributed by atoms with Gasteiger partial charge in [-0.2, -0.15) is 0 Å². The number of hydrogen-bond acceptors (Lipinski definition) is 5. The van der Waals surface area contributed by atoms with Crippen molar-refractivity contribution in [3.8, 4) is 5.75 Å². The van der Waals surface area contributed by atoms with E-state index in [4.69, 9.17) is 22.1 Å². The summed E-state index contributed by atoms with van der Waals surface area (Å²) in [7, 11) is -1.62. The van der Waals surface area contributed by atoms with Crippen molar-refractivity contribution in [3.05, 3.63) is 51.5 Å². The van der Waals surface area contributed by atoms with E-state index in [0.29, 0.717) is 14.8 Å². The van der Waals surface area contributed by atoms with Crippen molar-refractivity contribution in [3.63, 3.8) is 0 Å². The van der Waals surface area contributed by atoms with Crippen LogP contribution in [-0.2, 0) is 10.8 Å². The summed E-state index contributed by atoms with van der Waals surface area (Å²) in [5, 5.41) is 11.7. The first kappa shape index (κ1) is 18.7. The molecule has 1 saturated carbocycles. The highest BCUT2D eigenvalue weighted by atomic mass is 35.5. The van der Waals surface area contributed by atoms with Crippen LogP contribution in [0.1, 0.15) is 32.1 Å². The average molecular weight is 395 g/mol. The summed E-state index contributed by atoms with van der Waals surface area (Å²) in [6, 6.07) is 9.32. The lowest BCUT2D eigenvalue weighted by Crippen LogP contribution is -2.20. The summed E-state index contributed by atoms with van der Waals surface area (Å²) in [5.41, 5.74) is 5.52. The second-order valence-corrected chi connectivity index (χ2v) is 8.10. The summed E-state index contributed by atoms with van der Waals surface area (Å²) in [4.78, 5) is 11.5. The Morgan fingerprint density at radius 2 is 1.92 bits per heavy atom. The highest BCUT2D eigenvalue weighted by Gasteiger charge is 2.24. The van der Waals surface area contributed by atoms with Gasteiger partial charge in [-0.05, 0) is 49.9 Å². The number of hydrogen-bond donors (Lipinski definition) is 1. The smallest absolute Gasteiger partial charge is 0.295 e. The van der Waals surface area contributed by atoms with Crippen molar-refractivity contribution in [1.82, 2.24) is 0 Å². The minimum Gasteiger partial charge on any atom is -0.489 e. The third-order valence-electron chi connectivity index (χ3n) is 4.35. The number of nitrogens with two attached hydrogens (primary N) is 1. The molecule has 26 heavy (non-hydrogen) atoms. The fourth-order valence-corrected chi connectivity index (χ4v) is 4.50. The van der Waals surface area contributed by atoms with Crippen LogP contribution < -0.4 is 10.5 Å². The number of halogens is 1. The minimum atomic E-state index is -1.62. The van der Waals surface area contributed by atoms with Gasteiger partial charge in [-0.15, -0.1) is 0 Å². The fourth-order valence-electron chi connectivity index (χ4n) is 3.03. The van der Waals surface area contributed by atoms with Gasteiger partial charge in [0.1, 0.15) is 11.4 Å². The zero-order chi connectivity index (χ0) is 18.7. The normalized spacial score (nSPS) is 16.2. The van der Waals surface area contributed by atoms with Gasteiger partial charge >= 0.3 is 0 Å². The molecule has 1 atom stereocenters. The lowest BCUT2D eigenvalue weighted by Gasteiger charge is -2.24. The maximum atomic E-state index is 13.0. The number of nitro groups is 1. The Kier molecular flexibility index (Phi) is 5.78. The average Bonchev–Trinajstić information content (AvgIpc) is 2.63.